The first-order chi connectivity index (χ1) is 9.49. The van der Waals surface area contributed by atoms with E-state index in [1.165, 1.54) is 7.05 Å². The monoisotopic (exact) mass is 310 g/mol. The summed E-state index contributed by atoms with van der Waals surface area (Å²) in [6.07, 6.45) is 0.631. The number of amides is 1. The maximum atomic E-state index is 12.1. The van der Waals surface area contributed by atoms with Crippen LogP contribution < -0.4 is 5.32 Å². The molecule has 20 heavy (non-hydrogen) atoms. The van der Waals surface area contributed by atoms with Crippen molar-refractivity contribution in [1.82, 2.24) is 5.32 Å². The molecular weight excluding hydrogens is 299 g/mol. The highest BCUT2D eigenvalue weighted by Crippen LogP contribution is 2.49. The third-order valence-electron chi connectivity index (χ3n) is 3.45. The van der Waals surface area contributed by atoms with Gasteiger partial charge in [-0.05, 0) is 30.0 Å². The molecule has 0 heterocycles. The van der Waals surface area contributed by atoms with Crippen molar-refractivity contribution in [2.45, 2.75) is 12.3 Å². The first kappa shape index (κ1) is 14.8. The van der Waals surface area contributed by atoms with Gasteiger partial charge in [-0.15, -0.1) is 0 Å². The Morgan fingerprint density at radius 1 is 1.40 bits per heavy atom. The average molecular weight is 311 g/mol. The van der Waals surface area contributed by atoms with Crippen LogP contribution in [0.3, 0.4) is 0 Å². The molecule has 104 valence electrons. The van der Waals surface area contributed by atoms with Gasteiger partial charge < -0.3 is 5.32 Å². The summed E-state index contributed by atoms with van der Waals surface area (Å²) in [4.78, 5) is 23.6. The molecule has 1 aromatic carbocycles. The van der Waals surface area contributed by atoms with Crippen LogP contribution in [-0.4, -0.2) is 18.7 Å². The van der Waals surface area contributed by atoms with Crippen molar-refractivity contribution in [2.24, 2.45) is 11.8 Å². The molecule has 4 nitrogen and oxygen atoms in total. The van der Waals surface area contributed by atoms with Gasteiger partial charge in [-0.25, -0.2) is 0 Å². The summed E-state index contributed by atoms with van der Waals surface area (Å²) in [6, 6.07) is 6.98. The average Bonchev–Trinajstić information content (AvgIpc) is 3.22. The van der Waals surface area contributed by atoms with Gasteiger partial charge >= 0.3 is 0 Å². The Morgan fingerprint density at radius 3 is 2.65 bits per heavy atom. The zero-order valence-electron chi connectivity index (χ0n) is 10.7. The number of nitrogens with one attached hydrogen (secondary N) is 1. The van der Waals surface area contributed by atoms with Crippen LogP contribution in [0.2, 0.25) is 10.0 Å². The Hall–Kier alpha value is -1.57. The van der Waals surface area contributed by atoms with Crippen LogP contribution in [0.15, 0.2) is 18.2 Å². The molecule has 2 rings (SSSR count). The summed E-state index contributed by atoms with van der Waals surface area (Å²) in [5.41, 5.74) is 0.909. The largest absolute Gasteiger partial charge is 0.358 e. The molecule has 0 radical (unpaired) electrons. The van der Waals surface area contributed by atoms with E-state index in [1.54, 1.807) is 18.2 Å². The van der Waals surface area contributed by atoms with Gasteiger partial charge in [0, 0.05) is 13.0 Å². The van der Waals surface area contributed by atoms with Crippen LogP contribution in [0.5, 0.6) is 0 Å². The number of carbonyl (C=O) groups excluding carboxylic acids is 2. The lowest BCUT2D eigenvalue weighted by Gasteiger charge is -2.06. The van der Waals surface area contributed by atoms with Crippen molar-refractivity contribution in [2.75, 3.05) is 7.05 Å². The summed E-state index contributed by atoms with van der Waals surface area (Å²) in [6.45, 7) is 0. The second-order valence-electron chi connectivity index (χ2n) is 4.70. The molecule has 0 saturated heterocycles. The van der Waals surface area contributed by atoms with Crippen molar-refractivity contribution < 1.29 is 9.59 Å². The number of benzene rings is 1. The second kappa shape index (κ2) is 5.82. The second-order valence-corrected chi connectivity index (χ2v) is 5.52. The quantitative estimate of drug-likeness (QED) is 0.869. The van der Waals surface area contributed by atoms with E-state index in [4.69, 9.17) is 28.5 Å². The summed E-state index contributed by atoms with van der Waals surface area (Å²) in [7, 11) is 1.41. The third kappa shape index (κ3) is 2.79. The molecular formula is C14H12Cl2N2O2. The minimum atomic E-state index is -1.24. The van der Waals surface area contributed by atoms with Crippen LogP contribution in [0.1, 0.15) is 17.9 Å². The van der Waals surface area contributed by atoms with Crippen molar-refractivity contribution >= 4 is 34.9 Å². The zero-order valence-corrected chi connectivity index (χ0v) is 12.2. The van der Waals surface area contributed by atoms with Crippen LogP contribution in [0.25, 0.3) is 0 Å². The predicted molar refractivity (Wildman–Crippen MR) is 75.5 cm³/mol. The van der Waals surface area contributed by atoms with Gasteiger partial charge in [-0.3, -0.25) is 9.59 Å². The number of carbonyl (C=O) groups is 2. The molecule has 1 amide bonds. The van der Waals surface area contributed by atoms with E-state index < -0.39 is 11.8 Å². The van der Waals surface area contributed by atoms with E-state index in [-0.39, 0.29) is 17.6 Å². The molecule has 3 atom stereocenters. The highest BCUT2D eigenvalue weighted by atomic mass is 35.5. The standard InChI is InChI=1S/C14H12Cl2N2O2/c1-18-14(20)10(6-17)13(19)9-5-8(9)7-2-3-11(15)12(16)4-7/h2-4,8-10H,5H2,1H3,(H,18,20)/t8-,9-,10+/m1/s1. The van der Waals surface area contributed by atoms with Gasteiger partial charge in [0.1, 0.15) is 0 Å². The van der Waals surface area contributed by atoms with Crippen LogP contribution >= 0.6 is 23.2 Å². The Bertz CT molecular complexity index is 610. The minimum Gasteiger partial charge on any atom is -0.358 e. The van der Waals surface area contributed by atoms with Gasteiger partial charge in [-0.1, -0.05) is 29.3 Å². The number of rotatable bonds is 4. The molecule has 1 fully saturated rings. The van der Waals surface area contributed by atoms with E-state index >= 15 is 0 Å². The fourth-order valence-corrected chi connectivity index (χ4v) is 2.54. The van der Waals surface area contributed by atoms with E-state index in [0.717, 1.165) is 5.56 Å². The topological polar surface area (TPSA) is 70.0 Å². The fourth-order valence-electron chi connectivity index (χ4n) is 2.23. The first-order valence-electron chi connectivity index (χ1n) is 6.09. The number of halogens is 2. The van der Waals surface area contributed by atoms with Gasteiger partial charge in [0.05, 0.1) is 16.1 Å². The Balaban J connectivity index is 2.11. The highest BCUT2D eigenvalue weighted by molar-refractivity contribution is 6.42. The number of hydrogen-bond acceptors (Lipinski definition) is 3. The zero-order chi connectivity index (χ0) is 14.9. The fraction of sp³-hybridized carbons (Fsp3) is 0.357. The normalized spacial score (nSPS) is 21.7. The van der Waals surface area contributed by atoms with Crippen LogP contribution in [-0.2, 0) is 9.59 Å². The van der Waals surface area contributed by atoms with Crippen LogP contribution in [0, 0.1) is 23.2 Å². The highest BCUT2D eigenvalue weighted by Gasteiger charge is 2.47. The number of ketones is 1. The third-order valence-corrected chi connectivity index (χ3v) is 4.19. The summed E-state index contributed by atoms with van der Waals surface area (Å²) in [5.74, 6) is -2.41. The number of nitriles is 1. The molecule has 0 spiro atoms. The number of Topliss-reactive ketones (excluding diaryl/α,β-unsaturated/α-hetero) is 1. The lowest BCUT2D eigenvalue weighted by atomic mass is 9.98. The van der Waals surface area contributed by atoms with E-state index in [2.05, 4.69) is 5.32 Å². The lowest BCUT2D eigenvalue weighted by Crippen LogP contribution is -2.33. The molecule has 0 aliphatic heterocycles. The molecule has 0 bridgehead atoms. The van der Waals surface area contributed by atoms with Gasteiger partial charge in [-0.2, -0.15) is 5.26 Å². The number of nitrogens with zero attached hydrogens (tertiary/aromatic N) is 1. The van der Waals surface area contributed by atoms with Crippen molar-refractivity contribution in [3.8, 4) is 6.07 Å². The lowest BCUT2D eigenvalue weighted by molar-refractivity contribution is -0.132. The SMILES string of the molecule is CNC(=O)[C@@H](C#N)C(=O)[C@@H]1C[C@@H]1c1ccc(Cl)c(Cl)c1. The van der Waals surface area contributed by atoms with Crippen molar-refractivity contribution in [3.05, 3.63) is 33.8 Å². The minimum absolute atomic E-state index is 0.0118. The van der Waals surface area contributed by atoms with E-state index in [9.17, 15) is 9.59 Å². The summed E-state index contributed by atoms with van der Waals surface area (Å²) < 4.78 is 0. The van der Waals surface area contributed by atoms with Crippen molar-refractivity contribution in [1.29, 1.82) is 5.26 Å². The molecule has 1 saturated carbocycles. The maximum Gasteiger partial charge on any atom is 0.244 e. The van der Waals surface area contributed by atoms with Gasteiger partial charge in [0.2, 0.25) is 5.91 Å². The van der Waals surface area contributed by atoms with Gasteiger partial charge in [0.25, 0.3) is 0 Å². The Morgan fingerprint density at radius 2 is 2.10 bits per heavy atom. The van der Waals surface area contributed by atoms with Crippen molar-refractivity contribution in [3.63, 3.8) is 0 Å². The predicted octanol–water partition coefficient (Wildman–Crippen LogP) is 2.55. The maximum absolute atomic E-state index is 12.1. The Labute approximate surface area is 126 Å². The molecule has 0 unspecified atom stereocenters. The molecule has 1 aromatic rings. The summed E-state index contributed by atoms with van der Waals surface area (Å²) >= 11 is 11.8. The molecule has 1 aliphatic carbocycles. The first-order valence-corrected chi connectivity index (χ1v) is 6.85. The summed E-state index contributed by atoms with van der Waals surface area (Å²) in [5, 5.41) is 12.2. The molecule has 1 N–H and O–H groups in total. The van der Waals surface area contributed by atoms with Crippen LogP contribution in [0.4, 0.5) is 0 Å². The molecule has 1 aliphatic rings. The number of hydrogen-bond donors (Lipinski definition) is 1. The Kier molecular flexibility index (Phi) is 4.32. The molecule has 6 heteroatoms. The van der Waals surface area contributed by atoms with E-state index in [0.29, 0.717) is 16.5 Å². The van der Waals surface area contributed by atoms with Gasteiger partial charge in [0.15, 0.2) is 11.7 Å². The van der Waals surface area contributed by atoms with E-state index in [1.807, 2.05) is 6.07 Å². The smallest absolute Gasteiger partial charge is 0.244 e. The molecule has 0 aromatic heterocycles.